The average molecular weight is 341 g/mol. The van der Waals surface area contributed by atoms with Gasteiger partial charge in [0.05, 0.1) is 6.42 Å². The molecule has 1 aromatic carbocycles. The molecule has 0 unspecified atom stereocenters. The molecule has 1 heterocycles. The van der Waals surface area contributed by atoms with E-state index in [0.29, 0.717) is 24.1 Å². The topological polar surface area (TPSA) is 130 Å². The van der Waals surface area contributed by atoms with Crippen molar-refractivity contribution >= 4 is 27.8 Å². The minimum Gasteiger partial charge on any atom is -0.481 e. The van der Waals surface area contributed by atoms with E-state index >= 15 is 0 Å². The molecule has 0 aliphatic carbocycles. The molecule has 1 amide bonds. The second-order valence-corrected chi connectivity index (χ2v) is 6.98. The fraction of sp³-hybridized carbons (Fsp3) is 0.429. The summed E-state index contributed by atoms with van der Waals surface area (Å²) in [6.07, 6.45) is 0.576. The second kappa shape index (κ2) is 7.07. The lowest BCUT2D eigenvalue weighted by atomic mass is 9.97. The van der Waals surface area contributed by atoms with E-state index in [1.807, 2.05) is 0 Å². The third kappa shape index (κ3) is 4.75. The maximum absolute atomic E-state index is 12.3. The van der Waals surface area contributed by atoms with Crippen molar-refractivity contribution in [2.75, 3.05) is 18.4 Å². The SMILES string of the molecule is NS(=O)(=O)N1CCC(C(=O)Nc2ccccc2CC(=O)O)CC1. The number of carbonyl (C=O) groups is 2. The van der Waals surface area contributed by atoms with Crippen molar-refractivity contribution in [1.82, 2.24) is 4.31 Å². The van der Waals surface area contributed by atoms with Gasteiger partial charge in [-0.05, 0) is 24.5 Å². The molecular formula is C14H19N3O5S. The lowest BCUT2D eigenvalue weighted by Gasteiger charge is -2.29. The first-order valence-electron chi connectivity index (χ1n) is 7.16. The molecule has 1 fully saturated rings. The second-order valence-electron chi connectivity index (χ2n) is 5.44. The fourth-order valence-corrected chi connectivity index (χ4v) is 3.29. The van der Waals surface area contributed by atoms with E-state index in [2.05, 4.69) is 5.32 Å². The van der Waals surface area contributed by atoms with E-state index in [0.717, 1.165) is 4.31 Å². The van der Waals surface area contributed by atoms with Crippen LogP contribution in [0.4, 0.5) is 5.69 Å². The number of carboxylic acid groups (broad SMARTS) is 1. The zero-order chi connectivity index (χ0) is 17.0. The molecule has 1 saturated heterocycles. The van der Waals surface area contributed by atoms with E-state index in [4.69, 9.17) is 10.2 Å². The highest BCUT2D eigenvalue weighted by atomic mass is 32.2. The standard InChI is InChI=1S/C14H19N3O5S/c15-23(21,22)17-7-5-10(6-8-17)14(20)16-12-4-2-1-3-11(12)9-13(18)19/h1-4,10H,5-9H2,(H,16,20)(H,18,19)(H2,15,21,22). The van der Waals surface area contributed by atoms with Crippen LogP contribution in [0, 0.1) is 5.92 Å². The first kappa shape index (κ1) is 17.4. The van der Waals surface area contributed by atoms with Gasteiger partial charge in [0, 0.05) is 24.7 Å². The summed E-state index contributed by atoms with van der Waals surface area (Å²) in [4.78, 5) is 23.2. The fourth-order valence-electron chi connectivity index (χ4n) is 2.57. The van der Waals surface area contributed by atoms with Crippen LogP contribution < -0.4 is 10.5 Å². The molecule has 1 aromatic rings. The largest absolute Gasteiger partial charge is 0.481 e. The highest BCUT2D eigenvalue weighted by molar-refractivity contribution is 7.86. The maximum Gasteiger partial charge on any atom is 0.307 e. The predicted molar refractivity (Wildman–Crippen MR) is 83.8 cm³/mol. The molecule has 0 atom stereocenters. The molecule has 1 aliphatic heterocycles. The van der Waals surface area contributed by atoms with E-state index in [1.54, 1.807) is 24.3 Å². The number of nitrogens with zero attached hydrogens (tertiary/aromatic N) is 1. The van der Waals surface area contributed by atoms with Crippen molar-refractivity contribution in [3.63, 3.8) is 0 Å². The van der Waals surface area contributed by atoms with Gasteiger partial charge >= 0.3 is 5.97 Å². The van der Waals surface area contributed by atoms with Gasteiger partial charge in [0.2, 0.25) is 5.91 Å². The molecule has 9 heteroatoms. The van der Waals surface area contributed by atoms with Gasteiger partial charge in [-0.2, -0.15) is 12.7 Å². The van der Waals surface area contributed by atoms with Crippen molar-refractivity contribution in [3.8, 4) is 0 Å². The van der Waals surface area contributed by atoms with Crippen LogP contribution in [0.1, 0.15) is 18.4 Å². The molecule has 2 rings (SSSR count). The van der Waals surface area contributed by atoms with E-state index in [-0.39, 0.29) is 31.3 Å². The summed E-state index contributed by atoms with van der Waals surface area (Å²) in [5.41, 5.74) is 0.990. The molecule has 126 valence electrons. The van der Waals surface area contributed by atoms with Gasteiger partial charge < -0.3 is 10.4 Å². The minimum atomic E-state index is -3.72. The number of hydrogen-bond acceptors (Lipinski definition) is 4. The molecule has 23 heavy (non-hydrogen) atoms. The number of anilines is 1. The number of nitrogens with one attached hydrogen (secondary N) is 1. The average Bonchev–Trinajstić information content (AvgIpc) is 2.48. The summed E-state index contributed by atoms with van der Waals surface area (Å²) in [5.74, 6) is -1.55. The Balaban J connectivity index is 2.00. The number of carboxylic acids is 1. The molecule has 1 aliphatic rings. The summed E-state index contributed by atoms with van der Waals surface area (Å²) >= 11 is 0. The van der Waals surface area contributed by atoms with Gasteiger partial charge in [-0.25, -0.2) is 5.14 Å². The van der Waals surface area contributed by atoms with Crippen molar-refractivity contribution in [2.45, 2.75) is 19.3 Å². The molecular weight excluding hydrogens is 322 g/mol. The molecule has 0 saturated carbocycles. The Hall–Kier alpha value is -1.97. The molecule has 0 aromatic heterocycles. The van der Waals surface area contributed by atoms with Crippen molar-refractivity contribution in [2.24, 2.45) is 11.1 Å². The van der Waals surface area contributed by atoms with Gasteiger partial charge in [-0.3, -0.25) is 9.59 Å². The number of rotatable bonds is 5. The van der Waals surface area contributed by atoms with E-state index in [9.17, 15) is 18.0 Å². The Bertz CT molecular complexity index is 696. The van der Waals surface area contributed by atoms with Crippen molar-refractivity contribution in [3.05, 3.63) is 29.8 Å². The molecule has 0 spiro atoms. The third-order valence-electron chi connectivity index (χ3n) is 3.80. The monoisotopic (exact) mass is 341 g/mol. The zero-order valence-corrected chi connectivity index (χ0v) is 13.3. The summed E-state index contributed by atoms with van der Waals surface area (Å²) in [7, 11) is -3.72. The summed E-state index contributed by atoms with van der Waals surface area (Å²) in [5, 5.41) is 16.7. The molecule has 4 N–H and O–H groups in total. The van der Waals surface area contributed by atoms with Crippen molar-refractivity contribution in [1.29, 1.82) is 0 Å². The number of nitrogens with two attached hydrogens (primary N) is 1. The van der Waals surface area contributed by atoms with Crippen LogP contribution in [0.15, 0.2) is 24.3 Å². The highest BCUT2D eigenvalue weighted by Gasteiger charge is 2.29. The minimum absolute atomic E-state index is 0.180. The normalized spacial score (nSPS) is 16.9. The van der Waals surface area contributed by atoms with Gasteiger partial charge in [-0.1, -0.05) is 18.2 Å². The zero-order valence-electron chi connectivity index (χ0n) is 12.4. The van der Waals surface area contributed by atoms with Crippen molar-refractivity contribution < 1.29 is 23.1 Å². The third-order valence-corrected chi connectivity index (χ3v) is 4.89. The summed E-state index contributed by atoms with van der Waals surface area (Å²) in [6, 6.07) is 6.71. The Kier molecular flexibility index (Phi) is 5.34. The first-order valence-corrected chi connectivity index (χ1v) is 8.66. The molecule has 0 radical (unpaired) electrons. The van der Waals surface area contributed by atoms with E-state index in [1.165, 1.54) is 0 Å². The highest BCUT2D eigenvalue weighted by Crippen LogP contribution is 2.22. The number of aliphatic carboxylic acids is 1. The Labute approximate surface area is 134 Å². The van der Waals surface area contributed by atoms with Gasteiger partial charge in [-0.15, -0.1) is 0 Å². The number of piperidine rings is 1. The number of hydrogen-bond donors (Lipinski definition) is 3. The van der Waals surface area contributed by atoms with E-state index < -0.39 is 16.2 Å². The molecule has 8 nitrogen and oxygen atoms in total. The Morgan fingerprint density at radius 2 is 1.87 bits per heavy atom. The summed E-state index contributed by atoms with van der Waals surface area (Å²) in [6.45, 7) is 0.404. The van der Waals surface area contributed by atoms with Crippen LogP contribution in [0.25, 0.3) is 0 Å². The first-order chi connectivity index (χ1) is 10.8. The van der Waals surface area contributed by atoms with Crippen LogP contribution in [0.2, 0.25) is 0 Å². The number of amides is 1. The predicted octanol–water partition coefficient (Wildman–Crippen LogP) is 0.168. The number of benzene rings is 1. The van der Waals surface area contributed by atoms with Crippen LogP contribution >= 0.6 is 0 Å². The Morgan fingerprint density at radius 1 is 1.26 bits per heavy atom. The van der Waals surface area contributed by atoms with Crippen LogP contribution in [0.3, 0.4) is 0 Å². The molecule has 0 bridgehead atoms. The lowest BCUT2D eigenvalue weighted by molar-refractivity contribution is -0.136. The maximum atomic E-state index is 12.3. The quantitative estimate of drug-likeness (QED) is 0.703. The van der Waals surface area contributed by atoms with Crippen LogP contribution in [-0.2, 0) is 26.2 Å². The summed E-state index contributed by atoms with van der Waals surface area (Å²) < 4.78 is 23.6. The van der Waals surface area contributed by atoms with Gasteiger partial charge in [0.15, 0.2) is 0 Å². The Morgan fingerprint density at radius 3 is 2.43 bits per heavy atom. The van der Waals surface area contributed by atoms with Gasteiger partial charge in [0.1, 0.15) is 0 Å². The van der Waals surface area contributed by atoms with Crippen LogP contribution in [-0.4, -0.2) is 42.8 Å². The number of carbonyl (C=O) groups excluding carboxylic acids is 1. The lowest BCUT2D eigenvalue weighted by Crippen LogP contribution is -2.44. The number of para-hydroxylation sites is 1. The van der Waals surface area contributed by atoms with Gasteiger partial charge in [0.25, 0.3) is 10.2 Å². The van der Waals surface area contributed by atoms with Crippen LogP contribution in [0.5, 0.6) is 0 Å². The smallest absolute Gasteiger partial charge is 0.307 e.